The van der Waals surface area contributed by atoms with Gasteiger partial charge in [0.25, 0.3) is 5.91 Å². The molecule has 1 unspecified atom stereocenters. The van der Waals surface area contributed by atoms with Crippen molar-refractivity contribution in [2.45, 2.75) is 38.9 Å². The van der Waals surface area contributed by atoms with Crippen molar-refractivity contribution < 1.29 is 23.5 Å². The fraction of sp³-hybridized carbons (Fsp3) is 0.423. The SMILES string of the molecule is COc1cc(CN2CCN(c3cc(F)cc4c3CN(C3CCC(=O)NC3=O)C4=O)CC2)ccc1C. The van der Waals surface area contributed by atoms with Gasteiger partial charge in [-0.15, -0.1) is 0 Å². The summed E-state index contributed by atoms with van der Waals surface area (Å²) in [5, 5.41) is 2.31. The molecule has 3 aliphatic rings. The van der Waals surface area contributed by atoms with Crippen molar-refractivity contribution in [3.63, 3.8) is 0 Å². The van der Waals surface area contributed by atoms with E-state index in [0.29, 0.717) is 24.3 Å². The normalized spacial score (nSPS) is 20.8. The van der Waals surface area contributed by atoms with Crippen molar-refractivity contribution in [1.82, 2.24) is 15.1 Å². The Bertz CT molecular complexity index is 1190. The van der Waals surface area contributed by atoms with Gasteiger partial charge in [-0.3, -0.25) is 24.6 Å². The number of amides is 3. The summed E-state index contributed by atoms with van der Waals surface area (Å²) in [4.78, 5) is 42.9. The zero-order chi connectivity index (χ0) is 24.7. The summed E-state index contributed by atoms with van der Waals surface area (Å²) in [7, 11) is 1.67. The highest BCUT2D eigenvalue weighted by atomic mass is 19.1. The molecule has 8 nitrogen and oxygen atoms in total. The molecule has 3 amide bonds. The van der Waals surface area contributed by atoms with Crippen LogP contribution in [0.25, 0.3) is 0 Å². The number of halogens is 1. The summed E-state index contributed by atoms with van der Waals surface area (Å²) < 4.78 is 20.0. The van der Waals surface area contributed by atoms with E-state index in [2.05, 4.69) is 33.3 Å². The highest BCUT2D eigenvalue weighted by Crippen LogP contribution is 2.35. The number of piperidine rings is 1. The number of hydrogen-bond donors (Lipinski definition) is 1. The summed E-state index contributed by atoms with van der Waals surface area (Å²) in [5.41, 5.74) is 4.04. The van der Waals surface area contributed by atoms with Crippen LogP contribution in [0, 0.1) is 12.7 Å². The average molecular weight is 481 g/mol. The Morgan fingerprint density at radius 1 is 1.09 bits per heavy atom. The maximum Gasteiger partial charge on any atom is 0.255 e. The number of rotatable bonds is 5. The van der Waals surface area contributed by atoms with Crippen molar-refractivity contribution in [3.05, 3.63) is 58.4 Å². The Kier molecular flexibility index (Phi) is 6.19. The van der Waals surface area contributed by atoms with E-state index >= 15 is 0 Å². The number of methoxy groups -OCH3 is 1. The molecule has 5 rings (SSSR count). The molecule has 2 aromatic rings. The van der Waals surface area contributed by atoms with Crippen molar-refractivity contribution in [2.75, 3.05) is 38.2 Å². The number of nitrogens with zero attached hydrogens (tertiary/aromatic N) is 3. The van der Waals surface area contributed by atoms with Gasteiger partial charge in [-0.2, -0.15) is 0 Å². The number of anilines is 1. The number of fused-ring (bicyclic) bond motifs is 1. The summed E-state index contributed by atoms with van der Waals surface area (Å²) >= 11 is 0. The standard InChI is InChI=1S/C26H29FN4O4/c1-16-3-4-17(11-23(16)35-2)14-29-7-9-30(10-8-29)22-13-18(27)12-19-20(22)15-31(26(19)34)21-5-6-24(32)28-25(21)33/h3-4,11-13,21H,5-10,14-15H2,1-2H3,(H,28,32,33). The van der Waals surface area contributed by atoms with E-state index in [1.165, 1.54) is 22.6 Å². The molecule has 184 valence electrons. The fourth-order valence-electron chi connectivity index (χ4n) is 5.26. The first-order chi connectivity index (χ1) is 16.8. The van der Waals surface area contributed by atoms with Crippen LogP contribution in [0.4, 0.5) is 10.1 Å². The highest BCUT2D eigenvalue weighted by Gasteiger charge is 2.41. The second-order valence-corrected chi connectivity index (χ2v) is 9.42. The van der Waals surface area contributed by atoms with Crippen molar-refractivity contribution in [1.29, 1.82) is 0 Å². The van der Waals surface area contributed by atoms with E-state index in [0.717, 1.165) is 36.5 Å². The van der Waals surface area contributed by atoms with Crippen molar-refractivity contribution in [2.24, 2.45) is 0 Å². The van der Waals surface area contributed by atoms with Gasteiger partial charge in [-0.1, -0.05) is 12.1 Å². The van der Waals surface area contributed by atoms with Gasteiger partial charge >= 0.3 is 0 Å². The van der Waals surface area contributed by atoms with Gasteiger partial charge in [0, 0.05) is 62.5 Å². The number of ether oxygens (including phenoxy) is 1. The molecule has 0 aromatic heterocycles. The number of benzene rings is 2. The molecule has 3 aliphatic heterocycles. The van der Waals surface area contributed by atoms with Gasteiger partial charge in [0.2, 0.25) is 11.8 Å². The van der Waals surface area contributed by atoms with Crippen molar-refractivity contribution in [3.8, 4) is 5.75 Å². The molecule has 0 saturated carbocycles. The van der Waals surface area contributed by atoms with Gasteiger partial charge in [-0.25, -0.2) is 4.39 Å². The lowest BCUT2D eigenvalue weighted by Gasteiger charge is -2.37. The molecule has 0 radical (unpaired) electrons. The van der Waals surface area contributed by atoms with E-state index < -0.39 is 17.8 Å². The summed E-state index contributed by atoms with van der Waals surface area (Å²) in [6.07, 6.45) is 0.469. The predicted octanol–water partition coefficient (Wildman–Crippen LogP) is 2.23. The third kappa shape index (κ3) is 4.48. The second kappa shape index (κ2) is 9.30. The summed E-state index contributed by atoms with van der Waals surface area (Å²) in [6.45, 7) is 6.05. The lowest BCUT2D eigenvalue weighted by molar-refractivity contribution is -0.136. The van der Waals surface area contributed by atoms with Gasteiger partial charge in [0.05, 0.1) is 7.11 Å². The fourth-order valence-corrected chi connectivity index (χ4v) is 5.26. The molecule has 0 bridgehead atoms. The molecule has 9 heteroatoms. The van der Waals surface area contributed by atoms with Gasteiger partial charge < -0.3 is 14.5 Å². The van der Waals surface area contributed by atoms with Crippen LogP contribution in [0.2, 0.25) is 0 Å². The molecule has 0 spiro atoms. The van der Waals surface area contributed by atoms with Crippen LogP contribution in [-0.2, 0) is 22.7 Å². The van der Waals surface area contributed by atoms with Crippen LogP contribution < -0.4 is 15.0 Å². The zero-order valence-corrected chi connectivity index (χ0v) is 20.0. The molecule has 2 aromatic carbocycles. The number of aryl methyl sites for hydroxylation is 1. The molecule has 1 atom stereocenters. The van der Waals surface area contributed by atoms with Crippen LogP contribution in [0.1, 0.15) is 39.9 Å². The minimum absolute atomic E-state index is 0.187. The van der Waals surface area contributed by atoms with Crippen molar-refractivity contribution >= 4 is 23.4 Å². The number of hydrogen-bond acceptors (Lipinski definition) is 6. The van der Waals surface area contributed by atoms with Gasteiger partial charge in [0.15, 0.2) is 0 Å². The predicted molar refractivity (Wildman–Crippen MR) is 128 cm³/mol. The Morgan fingerprint density at radius 2 is 1.86 bits per heavy atom. The van der Waals surface area contributed by atoms with Crippen LogP contribution in [0.15, 0.2) is 30.3 Å². The van der Waals surface area contributed by atoms with Crippen LogP contribution in [0.5, 0.6) is 5.75 Å². The molecular weight excluding hydrogens is 451 g/mol. The lowest BCUT2D eigenvalue weighted by atomic mass is 10.0. The van der Waals surface area contributed by atoms with Gasteiger partial charge in [0.1, 0.15) is 17.6 Å². The van der Waals surface area contributed by atoms with Crippen LogP contribution in [-0.4, -0.2) is 66.9 Å². The average Bonchev–Trinajstić information content (AvgIpc) is 3.16. The van der Waals surface area contributed by atoms with Crippen LogP contribution >= 0.6 is 0 Å². The molecule has 0 aliphatic carbocycles. The number of nitrogens with one attached hydrogen (secondary N) is 1. The molecule has 1 N–H and O–H groups in total. The Balaban J connectivity index is 1.30. The largest absolute Gasteiger partial charge is 0.496 e. The number of carbonyl (C=O) groups excluding carboxylic acids is 3. The zero-order valence-electron chi connectivity index (χ0n) is 20.0. The van der Waals surface area contributed by atoms with E-state index in [-0.39, 0.29) is 31.2 Å². The topological polar surface area (TPSA) is 82.2 Å². The maximum absolute atomic E-state index is 14.6. The van der Waals surface area contributed by atoms with Crippen LogP contribution in [0.3, 0.4) is 0 Å². The lowest BCUT2D eigenvalue weighted by Crippen LogP contribution is -2.52. The number of piperazine rings is 1. The van der Waals surface area contributed by atoms with E-state index in [1.807, 2.05) is 6.92 Å². The Morgan fingerprint density at radius 3 is 2.57 bits per heavy atom. The highest BCUT2D eigenvalue weighted by molar-refractivity contribution is 6.06. The number of carbonyl (C=O) groups is 3. The van der Waals surface area contributed by atoms with Gasteiger partial charge in [-0.05, 0) is 42.7 Å². The Labute approximate surface area is 203 Å². The quantitative estimate of drug-likeness (QED) is 0.661. The molecule has 35 heavy (non-hydrogen) atoms. The summed E-state index contributed by atoms with van der Waals surface area (Å²) in [5.74, 6) is -0.745. The van der Waals surface area contributed by atoms with E-state index in [4.69, 9.17) is 4.74 Å². The summed E-state index contributed by atoms with van der Waals surface area (Å²) in [6, 6.07) is 8.27. The molecule has 2 saturated heterocycles. The third-order valence-electron chi connectivity index (χ3n) is 7.19. The maximum atomic E-state index is 14.6. The van der Waals surface area contributed by atoms with E-state index in [1.54, 1.807) is 7.11 Å². The molecule has 3 heterocycles. The first-order valence-corrected chi connectivity index (χ1v) is 11.9. The molecular formula is C26H29FN4O4. The first kappa shape index (κ1) is 23.3. The van der Waals surface area contributed by atoms with E-state index in [9.17, 15) is 18.8 Å². The minimum Gasteiger partial charge on any atom is -0.496 e. The monoisotopic (exact) mass is 480 g/mol. The Hall–Kier alpha value is -3.46. The first-order valence-electron chi connectivity index (χ1n) is 11.9. The number of imide groups is 1. The smallest absolute Gasteiger partial charge is 0.255 e. The minimum atomic E-state index is -0.716. The second-order valence-electron chi connectivity index (χ2n) is 9.42. The third-order valence-corrected chi connectivity index (χ3v) is 7.19. The molecule has 2 fully saturated rings.